The van der Waals surface area contributed by atoms with Crippen molar-refractivity contribution in [3.63, 3.8) is 0 Å². The van der Waals surface area contributed by atoms with E-state index >= 15 is 0 Å². The standard InChI is InChI=1S/C15H24ClNO2/c1-5-13(18)10-19-14-7-6-12(16)8-11(14)9-17-15(2,3)4/h6-8,13,17-18H,5,9-10H2,1-4H3. The lowest BCUT2D eigenvalue weighted by atomic mass is 10.1. The molecule has 19 heavy (non-hydrogen) atoms. The van der Waals surface area contributed by atoms with Crippen LogP contribution in [0.15, 0.2) is 18.2 Å². The number of benzene rings is 1. The maximum atomic E-state index is 9.56. The van der Waals surface area contributed by atoms with E-state index in [2.05, 4.69) is 26.1 Å². The lowest BCUT2D eigenvalue weighted by Gasteiger charge is -2.22. The summed E-state index contributed by atoms with van der Waals surface area (Å²) in [5.74, 6) is 0.772. The second-order valence-corrected chi connectivity index (χ2v) is 6.17. The van der Waals surface area contributed by atoms with Crippen LogP contribution >= 0.6 is 11.6 Å². The molecule has 0 fully saturated rings. The summed E-state index contributed by atoms with van der Waals surface area (Å²) in [5.41, 5.74) is 1.04. The minimum absolute atomic E-state index is 0.0303. The third-order valence-corrected chi connectivity index (χ3v) is 2.97. The van der Waals surface area contributed by atoms with Crippen molar-refractivity contribution in [1.82, 2.24) is 5.32 Å². The van der Waals surface area contributed by atoms with Crippen LogP contribution in [0.4, 0.5) is 0 Å². The van der Waals surface area contributed by atoms with Gasteiger partial charge in [-0.25, -0.2) is 0 Å². The van der Waals surface area contributed by atoms with E-state index < -0.39 is 6.10 Å². The van der Waals surface area contributed by atoms with Gasteiger partial charge in [-0.05, 0) is 45.4 Å². The Balaban J connectivity index is 2.74. The number of ether oxygens (including phenoxy) is 1. The van der Waals surface area contributed by atoms with Crippen LogP contribution in [-0.4, -0.2) is 23.4 Å². The number of rotatable bonds is 6. The molecular formula is C15H24ClNO2. The lowest BCUT2D eigenvalue weighted by molar-refractivity contribution is 0.103. The molecule has 0 radical (unpaired) electrons. The van der Waals surface area contributed by atoms with Gasteiger partial charge >= 0.3 is 0 Å². The van der Waals surface area contributed by atoms with Crippen molar-refractivity contribution >= 4 is 11.6 Å². The Hall–Kier alpha value is -0.770. The molecule has 0 heterocycles. The fraction of sp³-hybridized carbons (Fsp3) is 0.600. The molecular weight excluding hydrogens is 262 g/mol. The van der Waals surface area contributed by atoms with Crippen molar-refractivity contribution in [2.24, 2.45) is 0 Å². The van der Waals surface area contributed by atoms with Crippen molar-refractivity contribution in [3.8, 4) is 5.75 Å². The smallest absolute Gasteiger partial charge is 0.124 e. The summed E-state index contributed by atoms with van der Waals surface area (Å²) in [6.45, 7) is 9.25. The molecule has 0 aliphatic heterocycles. The number of nitrogens with one attached hydrogen (secondary N) is 1. The molecule has 0 saturated carbocycles. The Kier molecular flexibility index (Phi) is 6.11. The van der Waals surface area contributed by atoms with Crippen LogP contribution < -0.4 is 10.1 Å². The molecule has 0 bridgehead atoms. The quantitative estimate of drug-likeness (QED) is 0.842. The van der Waals surface area contributed by atoms with Crippen LogP contribution in [0, 0.1) is 0 Å². The first-order valence-corrected chi connectivity index (χ1v) is 7.04. The summed E-state index contributed by atoms with van der Waals surface area (Å²) in [6.07, 6.45) is 0.252. The molecule has 0 saturated heterocycles. The van der Waals surface area contributed by atoms with E-state index in [1.165, 1.54) is 0 Å². The number of hydrogen-bond donors (Lipinski definition) is 2. The first kappa shape index (κ1) is 16.3. The molecule has 3 nitrogen and oxygen atoms in total. The number of aliphatic hydroxyl groups is 1. The maximum Gasteiger partial charge on any atom is 0.124 e. The number of aliphatic hydroxyl groups excluding tert-OH is 1. The average Bonchev–Trinajstić information content (AvgIpc) is 2.33. The third kappa shape index (κ3) is 6.28. The molecule has 1 aromatic carbocycles. The summed E-state index contributed by atoms with van der Waals surface area (Å²) in [6, 6.07) is 5.55. The van der Waals surface area contributed by atoms with Gasteiger partial charge in [0.1, 0.15) is 12.4 Å². The zero-order valence-electron chi connectivity index (χ0n) is 12.2. The summed E-state index contributed by atoms with van der Waals surface area (Å²) >= 11 is 6.02. The van der Waals surface area contributed by atoms with Crippen molar-refractivity contribution in [3.05, 3.63) is 28.8 Å². The molecule has 2 N–H and O–H groups in total. The van der Waals surface area contributed by atoms with Crippen molar-refractivity contribution < 1.29 is 9.84 Å². The van der Waals surface area contributed by atoms with Gasteiger partial charge in [0.25, 0.3) is 0 Å². The SMILES string of the molecule is CCC(O)COc1ccc(Cl)cc1CNC(C)(C)C. The highest BCUT2D eigenvalue weighted by atomic mass is 35.5. The van der Waals surface area contributed by atoms with Crippen LogP contribution in [-0.2, 0) is 6.54 Å². The predicted molar refractivity (Wildman–Crippen MR) is 79.8 cm³/mol. The molecule has 4 heteroatoms. The van der Waals surface area contributed by atoms with Gasteiger partial charge in [-0.2, -0.15) is 0 Å². The third-order valence-electron chi connectivity index (χ3n) is 2.73. The molecule has 1 rings (SSSR count). The first-order valence-electron chi connectivity index (χ1n) is 6.66. The predicted octanol–water partition coefficient (Wildman–Crippen LogP) is 3.38. The molecule has 1 aromatic rings. The van der Waals surface area contributed by atoms with Crippen LogP contribution in [0.2, 0.25) is 5.02 Å². The average molecular weight is 286 g/mol. The molecule has 1 atom stereocenters. The fourth-order valence-electron chi connectivity index (χ4n) is 1.49. The van der Waals surface area contributed by atoms with Crippen LogP contribution in [0.25, 0.3) is 0 Å². The highest BCUT2D eigenvalue weighted by molar-refractivity contribution is 6.30. The van der Waals surface area contributed by atoms with Crippen LogP contribution in [0.3, 0.4) is 0 Å². The van der Waals surface area contributed by atoms with E-state index in [0.717, 1.165) is 11.3 Å². The number of halogens is 1. The molecule has 0 aromatic heterocycles. The van der Waals surface area contributed by atoms with Gasteiger partial charge in [-0.15, -0.1) is 0 Å². The monoisotopic (exact) mass is 285 g/mol. The zero-order valence-corrected chi connectivity index (χ0v) is 12.9. The van der Waals surface area contributed by atoms with E-state index in [0.29, 0.717) is 24.6 Å². The summed E-state index contributed by atoms with van der Waals surface area (Å²) in [5, 5.41) is 13.7. The van der Waals surface area contributed by atoms with Gasteiger partial charge in [0.05, 0.1) is 6.10 Å². The largest absolute Gasteiger partial charge is 0.491 e. The van der Waals surface area contributed by atoms with Crippen molar-refractivity contribution in [2.75, 3.05) is 6.61 Å². The Morgan fingerprint density at radius 1 is 1.37 bits per heavy atom. The fourth-order valence-corrected chi connectivity index (χ4v) is 1.69. The van der Waals surface area contributed by atoms with Gasteiger partial charge in [0.2, 0.25) is 0 Å². The molecule has 0 amide bonds. The molecule has 0 spiro atoms. The first-order chi connectivity index (χ1) is 8.81. The maximum absolute atomic E-state index is 9.56. The Morgan fingerprint density at radius 2 is 2.05 bits per heavy atom. The summed E-state index contributed by atoms with van der Waals surface area (Å²) < 4.78 is 5.66. The second kappa shape index (κ2) is 7.13. The minimum Gasteiger partial charge on any atom is -0.491 e. The minimum atomic E-state index is -0.431. The Labute approximate surface area is 120 Å². The van der Waals surface area contributed by atoms with E-state index in [1.807, 2.05) is 19.1 Å². The second-order valence-electron chi connectivity index (χ2n) is 5.73. The molecule has 0 aliphatic rings. The van der Waals surface area contributed by atoms with Gasteiger partial charge in [-0.3, -0.25) is 0 Å². The van der Waals surface area contributed by atoms with Gasteiger partial charge in [-0.1, -0.05) is 18.5 Å². The molecule has 1 unspecified atom stereocenters. The van der Waals surface area contributed by atoms with E-state index in [4.69, 9.17) is 16.3 Å². The van der Waals surface area contributed by atoms with Gasteiger partial charge in [0.15, 0.2) is 0 Å². The number of hydrogen-bond acceptors (Lipinski definition) is 3. The van der Waals surface area contributed by atoms with E-state index in [1.54, 1.807) is 6.07 Å². The van der Waals surface area contributed by atoms with E-state index in [9.17, 15) is 5.11 Å². The van der Waals surface area contributed by atoms with Gasteiger partial charge in [0, 0.05) is 22.7 Å². The van der Waals surface area contributed by atoms with Crippen LogP contribution in [0.5, 0.6) is 5.75 Å². The van der Waals surface area contributed by atoms with Crippen LogP contribution in [0.1, 0.15) is 39.7 Å². The lowest BCUT2D eigenvalue weighted by Crippen LogP contribution is -2.35. The summed E-state index contributed by atoms with van der Waals surface area (Å²) in [4.78, 5) is 0. The molecule has 108 valence electrons. The molecule has 0 aliphatic carbocycles. The Morgan fingerprint density at radius 3 is 2.63 bits per heavy atom. The van der Waals surface area contributed by atoms with Crippen molar-refractivity contribution in [1.29, 1.82) is 0 Å². The highest BCUT2D eigenvalue weighted by Crippen LogP contribution is 2.23. The zero-order chi connectivity index (χ0) is 14.5. The highest BCUT2D eigenvalue weighted by Gasteiger charge is 2.12. The van der Waals surface area contributed by atoms with Crippen molar-refractivity contribution in [2.45, 2.75) is 52.3 Å². The topological polar surface area (TPSA) is 41.5 Å². The van der Waals surface area contributed by atoms with E-state index in [-0.39, 0.29) is 5.54 Å². The van der Waals surface area contributed by atoms with Gasteiger partial charge < -0.3 is 15.2 Å². The summed E-state index contributed by atoms with van der Waals surface area (Å²) in [7, 11) is 0. The normalized spacial score (nSPS) is 13.4. The Bertz CT molecular complexity index is 402.